The van der Waals surface area contributed by atoms with Gasteiger partial charge in [-0.2, -0.15) is 10.2 Å². The van der Waals surface area contributed by atoms with E-state index in [1.165, 1.54) is 40.9 Å². The molecule has 0 spiro atoms. The maximum Gasteiger partial charge on any atom is 0.124 e. The SMILES string of the molecule is CC1=C2c3ccc(-c4cnn(C)c4)cc3C(Nc3cc(C4CC4)nn3C)CCN2NN1. The van der Waals surface area contributed by atoms with Crippen LogP contribution < -0.4 is 16.3 Å². The summed E-state index contributed by atoms with van der Waals surface area (Å²) in [6.07, 6.45) is 7.49. The first kappa shape index (κ1) is 18.5. The van der Waals surface area contributed by atoms with E-state index < -0.39 is 0 Å². The highest BCUT2D eigenvalue weighted by Gasteiger charge is 2.32. The van der Waals surface area contributed by atoms with E-state index in [9.17, 15) is 0 Å². The van der Waals surface area contributed by atoms with Gasteiger partial charge < -0.3 is 10.7 Å². The quantitative estimate of drug-likeness (QED) is 0.606. The number of nitrogens with zero attached hydrogens (tertiary/aromatic N) is 5. The van der Waals surface area contributed by atoms with Crippen LogP contribution in [-0.2, 0) is 14.1 Å². The molecule has 2 aliphatic heterocycles. The summed E-state index contributed by atoms with van der Waals surface area (Å²) in [4.78, 5) is 0. The maximum atomic E-state index is 4.76. The first-order valence-electron chi connectivity index (χ1n) is 11.0. The highest BCUT2D eigenvalue weighted by Crippen LogP contribution is 2.42. The summed E-state index contributed by atoms with van der Waals surface area (Å²) in [5.41, 5.74) is 15.1. The number of nitrogens with one attached hydrogen (secondary N) is 3. The number of hydrazine groups is 2. The summed E-state index contributed by atoms with van der Waals surface area (Å²) in [6, 6.07) is 9.19. The van der Waals surface area contributed by atoms with Gasteiger partial charge in [0.2, 0.25) is 0 Å². The van der Waals surface area contributed by atoms with Crippen molar-refractivity contribution in [3.8, 4) is 11.1 Å². The van der Waals surface area contributed by atoms with Crippen molar-refractivity contribution in [1.29, 1.82) is 0 Å². The number of anilines is 1. The molecule has 6 rings (SSSR count). The molecule has 0 bridgehead atoms. The predicted octanol–water partition coefficient (Wildman–Crippen LogP) is 3.27. The summed E-state index contributed by atoms with van der Waals surface area (Å²) >= 11 is 0. The van der Waals surface area contributed by atoms with Crippen LogP contribution in [-0.4, -0.2) is 31.1 Å². The molecule has 1 unspecified atom stereocenters. The summed E-state index contributed by atoms with van der Waals surface area (Å²) in [5.74, 6) is 1.73. The minimum atomic E-state index is 0.182. The second kappa shape index (κ2) is 6.88. The van der Waals surface area contributed by atoms with Gasteiger partial charge in [-0.15, -0.1) is 5.53 Å². The molecule has 3 aliphatic rings. The number of hydrogen-bond donors (Lipinski definition) is 3. The number of rotatable bonds is 4. The van der Waals surface area contributed by atoms with Crippen molar-refractivity contribution < 1.29 is 0 Å². The molecule has 2 aromatic heterocycles. The smallest absolute Gasteiger partial charge is 0.124 e. The Kier molecular flexibility index (Phi) is 4.11. The molecule has 160 valence electrons. The number of fused-ring (bicyclic) bond motifs is 3. The van der Waals surface area contributed by atoms with E-state index in [4.69, 9.17) is 5.10 Å². The van der Waals surface area contributed by atoms with Crippen molar-refractivity contribution >= 4 is 11.5 Å². The van der Waals surface area contributed by atoms with Gasteiger partial charge in [-0.05, 0) is 43.4 Å². The van der Waals surface area contributed by atoms with Gasteiger partial charge in [-0.1, -0.05) is 12.1 Å². The molecule has 1 fully saturated rings. The van der Waals surface area contributed by atoms with Crippen LogP contribution in [0.3, 0.4) is 0 Å². The van der Waals surface area contributed by atoms with E-state index in [1.54, 1.807) is 0 Å². The Bertz CT molecular complexity index is 1180. The molecular formula is C23H28N8. The number of allylic oxidation sites excluding steroid dienone is 1. The highest BCUT2D eigenvalue weighted by molar-refractivity contribution is 5.75. The van der Waals surface area contributed by atoms with Crippen molar-refractivity contribution in [1.82, 2.24) is 35.5 Å². The Labute approximate surface area is 181 Å². The molecule has 1 saturated carbocycles. The van der Waals surface area contributed by atoms with Crippen LogP contribution in [0.25, 0.3) is 16.8 Å². The van der Waals surface area contributed by atoms with Gasteiger partial charge in [0.15, 0.2) is 0 Å². The normalized spacial score (nSPS) is 20.4. The van der Waals surface area contributed by atoms with Crippen LogP contribution in [0, 0.1) is 0 Å². The maximum absolute atomic E-state index is 4.76. The molecule has 0 saturated heterocycles. The fourth-order valence-corrected chi connectivity index (χ4v) is 4.75. The Morgan fingerprint density at radius 2 is 1.97 bits per heavy atom. The number of benzene rings is 1. The zero-order valence-corrected chi connectivity index (χ0v) is 18.2. The molecule has 1 aromatic carbocycles. The van der Waals surface area contributed by atoms with E-state index in [2.05, 4.69) is 63.8 Å². The summed E-state index contributed by atoms with van der Waals surface area (Å²) in [6.45, 7) is 3.03. The van der Waals surface area contributed by atoms with Crippen LogP contribution in [0.1, 0.15) is 55.0 Å². The minimum absolute atomic E-state index is 0.182. The third kappa shape index (κ3) is 3.18. The lowest BCUT2D eigenvalue weighted by atomic mass is 9.93. The third-order valence-corrected chi connectivity index (χ3v) is 6.58. The number of aromatic nitrogens is 4. The van der Waals surface area contributed by atoms with E-state index in [0.29, 0.717) is 5.92 Å². The van der Waals surface area contributed by atoms with Gasteiger partial charge >= 0.3 is 0 Å². The molecule has 0 radical (unpaired) electrons. The van der Waals surface area contributed by atoms with Crippen LogP contribution in [0.5, 0.6) is 0 Å². The third-order valence-electron chi connectivity index (χ3n) is 6.58. The van der Waals surface area contributed by atoms with Crippen LogP contribution >= 0.6 is 0 Å². The molecule has 0 amide bonds. The lowest BCUT2D eigenvalue weighted by Gasteiger charge is -2.21. The standard InChI is InChI=1S/C23H28N8/c1-14-23-18-7-6-16(17-12-24-29(2)13-17)10-19(18)20(8-9-31(23)28-26-14)25-22-11-21(15-4-5-15)27-30(22)3/h6-7,10-13,15,20,25-26,28H,4-5,8-9H2,1-3H3. The van der Waals surface area contributed by atoms with Crippen molar-refractivity contribution in [3.05, 3.63) is 59.2 Å². The second-order valence-corrected chi connectivity index (χ2v) is 8.90. The van der Waals surface area contributed by atoms with Gasteiger partial charge in [0, 0.05) is 49.9 Å². The fraction of sp³-hybridized carbons (Fsp3) is 0.391. The molecule has 8 heteroatoms. The minimum Gasteiger partial charge on any atom is -0.363 e. The zero-order chi connectivity index (χ0) is 21.1. The summed E-state index contributed by atoms with van der Waals surface area (Å²) in [5, 5.41) is 15.2. The van der Waals surface area contributed by atoms with Gasteiger partial charge in [-0.25, -0.2) is 0 Å². The highest BCUT2D eigenvalue weighted by atomic mass is 15.7. The monoisotopic (exact) mass is 416 g/mol. The lowest BCUT2D eigenvalue weighted by Crippen LogP contribution is -2.38. The van der Waals surface area contributed by atoms with Gasteiger partial charge in [0.1, 0.15) is 5.82 Å². The zero-order valence-electron chi connectivity index (χ0n) is 18.2. The predicted molar refractivity (Wildman–Crippen MR) is 120 cm³/mol. The Hall–Kier alpha value is -3.26. The molecule has 1 aliphatic carbocycles. The van der Waals surface area contributed by atoms with Crippen molar-refractivity contribution in [2.45, 2.75) is 38.1 Å². The molecule has 4 heterocycles. The second-order valence-electron chi connectivity index (χ2n) is 8.90. The first-order valence-corrected chi connectivity index (χ1v) is 11.0. The van der Waals surface area contributed by atoms with Crippen molar-refractivity contribution in [2.75, 3.05) is 11.9 Å². The van der Waals surface area contributed by atoms with Gasteiger partial charge in [0.25, 0.3) is 0 Å². The average molecular weight is 417 g/mol. The van der Waals surface area contributed by atoms with Crippen molar-refractivity contribution in [2.24, 2.45) is 14.1 Å². The van der Waals surface area contributed by atoms with Crippen LogP contribution in [0.2, 0.25) is 0 Å². The number of hydrogen-bond acceptors (Lipinski definition) is 6. The van der Waals surface area contributed by atoms with Crippen molar-refractivity contribution in [3.63, 3.8) is 0 Å². The first-order chi connectivity index (χ1) is 15.1. The molecule has 31 heavy (non-hydrogen) atoms. The molecule has 3 N–H and O–H groups in total. The Balaban J connectivity index is 1.43. The fourth-order valence-electron chi connectivity index (χ4n) is 4.75. The van der Waals surface area contributed by atoms with Crippen LogP contribution in [0.15, 0.2) is 42.4 Å². The topological polar surface area (TPSA) is 75.0 Å². The Morgan fingerprint density at radius 3 is 2.74 bits per heavy atom. The average Bonchev–Trinajstić information content (AvgIpc) is 3.32. The number of aryl methyl sites for hydroxylation is 2. The van der Waals surface area contributed by atoms with Gasteiger partial charge in [-0.3, -0.25) is 14.4 Å². The van der Waals surface area contributed by atoms with E-state index in [1.807, 2.05) is 29.7 Å². The largest absolute Gasteiger partial charge is 0.363 e. The Morgan fingerprint density at radius 1 is 1.10 bits per heavy atom. The molecular weight excluding hydrogens is 388 g/mol. The summed E-state index contributed by atoms with van der Waals surface area (Å²) < 4.78 is 3.85. The molecule has 1 atom stereocenters. The van der Waals surface area contributed by atoms with E-state index in [-0.39, 0.29) is 6.04 Å². The molecule has 8 nitrogen and oxygen atoms in total. The summed E-state index contributed by atoms with van der Waals surface area (Å²) in [7, 11) is 3.99. The molecule has 3 aromatic rings. The van der Waals surface area contributed by atoms with Gasteiger partial charge in [0.05, 0.1) is 29.3 Å². The van der Waals surface area contributed by atoms with E-state index in [0.717, 1.165) is 30.0 Å². The van der Waals surface area contributed by atoms with Crippen LogP contribution in [0.4, 0.5) is 5.82 Å². The van der Waals surface area contributed by atoms with E-state index >= 15 is 0 Å². The lowest BCUT2D eigenvalue weighted by molar-refractivity contribution is 0.281.